The van der Waals surface area contributed by atoms with Crippen LogP contribution in [0, 0.1) is 16.7 Å². The molecular formula is C36H53N. The minimum atomic E-state index is -0.0584. The Morgan fingerprint density at radius 3 is 1.68 bits per heavy atom. The van der Waals surface area contributed by atoms with E-state index in [0.29, 0.717) is 5.92 Å². The maximum atomic E-state index is 9.99. The van der Waals surface area contributed by atoms with Crippen molar-refractivity contribution in [3.8, 4) is 17.2 Å². The van der Waals surface area contributed by atoms with Gasteiger partial charge < -0.3 is 0 Å². The van der Waals surface area contributed by atoms with E-state index < -0.39 is 0 Å². The van der Waals surface area contributed by atoms with Crippen LogP contribution in [0.1, 0.15) is 146 Å². The van der Waals surface area contributed by atoms with Crippen LogP contribution in [0.15, 0.2) is 48.5 Å². The van der Waals surface area contributed by atoms with E-state index in [-0.39, 0.29) is 5.41 Å². The van der Waals surface area contributed by atoms with Crippen LogP contribution in [-0.2, 0) is 6.42 Å². The molecule has 1 aliphatic rings. The topological polar surface area (TPSA) is 23.8 Å². The molecule has 0 spiro atoms. The summed E-state index contributed by atoms with van der Waals surface area (Å²) in [6.45, 7) is 4.56. The highest BCUT2D eigenvalue weighted by molar-refractivity contribution is 5.64. The molecule has 0 unspecified atom stereocenters. The smallest absolute Gasteiger partial charge is 0.0689 e. The van der Waals surface area contributed by atoms with Crippen LogP contribution in [0.3, 0.4) is 0 Å². The summed E-state index contributed by atoms with van der Waals surface area (Å²) in [6.07, 6.45) is 24.3. The van der Waals surface area contributed by atoms with Crippen LogP contribution in [0.25, 0.3) is 11.1 Å². The summed E-state index contributed by atoms with van der Waals surface area (Å²) >= 11 is 0. The van der Waals surface area contributed by atoms with Crippen LogP contribution in [0.2, 0.25) is 0 Å². The molecule has 0 atom stereocenters. The van der Waals surface area contributed by atoms with Crippen LogP contribution >= 0.6 is 0 Å². The Kier molecular flexibility index (Phi) is 13.3. The maximum Gasteiger partial charge on any atom is 0.0689 e. The van der Waals surface area contributed by atoms with E-state index >= 15 is 0 Å². The minimum Gasteiger partial charge on any atom is -0.198 e. The third kappa shape index (κ3) is 9.96. The summed E-state index contributed by atoms with van der Waals surface area (Å²) in [6, 6.07) is 21.3. The summed E-state index contributed by atoms with van der Waals surface area (Å²) in [5.74, 6) is 0.615. The number of hydrogen-bond acceptors (Lipinski definition) is 1. The molecule has 0 N–H and O–H groups in total. The van der Waals surface area contributed by atoms with Crippen molar-refractivity contribution in [1.82, 2.24) is 0 Å². The molecule has 1 nitrogen and oxygen atoms in total. The lowest BCUT2D eigenvalue weighted by atomic mass is 9.67. The zero-order valence-electron chi connectivity index (χ0n) is 24.1. The van der Waals surface area contributed by atoms with E-state index in [1.54, 1.807) is 0 Å². The van der Waals surface area contributed by atoms with Gasteiger partial charge in [0.1, 0.15) is 0 Å². The average molecular weight is 500 g/mol. The Hall–Kier alpha value is -2.07. The third-order valence-electron chi connectivity index (χ3n) is 8.93. The standard InChI is InChI=1S/C36H53N/c1-3-5-7-9-11-13-15-27-36(30-37)28-25-35(26-29-36)34-23-21-33(22-24-34)32-19-17-31(18-20-32)16-14-12-10-8-6-4-2/h17-24,35H,3-16,25-29H2,1-2H3. The summed E-state index contributed by atoms with van der Waals surface area (Å²) < 4.78 is 0. The third-order valence-corrected chi connectivity index (χ3v) is 8.93. The summed E-state index contributed by atoms with van der Waals surface area (Å²) in [7, 11) is 0. The van der Waals surface area contributed by atoms with Gasteiger partial charge >= 0.3 is 0 Å². The van der Waals surface area contributed by atoms with E-state index in [1.807, 2.05) is 0 Å². The van der Waals surface area contributed by atoms with Crippen molar-refractivity contribution in [2.24, 2.45) is 5.41 Å². The van der Waals surface area contributed by atoms with Gasteiger partial charge in [-0.1, -0.05) is 139 Å². The highest BCUT2D eigenvalue weighted by Gasteiger charge is 2.35. The van der Waals surface area contributed by atoms with Gasteiger partial charge in [-0.2, -0.15) is 5.26 Å². The molecule has 1 heteroatoms. The maximum absolute atomic E-state index is 9.99. The van der Waals surface area contributed by atoms with Crippen molar-refractivity contribution in [1.29, 1.82) is 5.26 Å². The molecule has 1 fully saturated rings. The largest absolute Gasteiger partial charge is 0.198 e. The molecule has 0 saturated heterocycles. The number of nitriles is 1. The Bertz CT molecular complexity index is 893. The summed E-state index contributed by atoms with van der Waals surface area (Å²) in [4.78, 5) is 0. The van der Waals surface area contributed by atoms with Gasteiger partial charge in [0.25, 0.3) is 0 Å². The molecular weight excluding hydrogens is 446 g/mol. The van der Waals surface area contributed by atoms with Gasteiger partial charge in [0.2, 0.25) is 0 Å². The number of hydrogen-bond donors (Lipinski definition) is 0. The van der Waals surface area contributed by atoms with Gasteiger partial charge in [-0.15, -0.1) is 0 Å². The normalized spacial score (nSPS) is 19.5. The first-order valence-corrected chi connectivity index (χ1v) is 15.8. The lowest BCUT2D eigenvalue weighted by Crippen LogP contribution is -2.25. The zero-order chi connectivity index (χ0) is 26.2. The SMILES string of the molecule is CCCCCCCCCC1(C#N)CCC(c2ccc(-c3ccc(CCCCCCCC)cc3)cc2)CC1. The second-order valence-electron chi connectivity index (χ2n) is 11.9. The first-order chi connectivity index (χ1) is 18.2. The van der Waals surface area contributed by atoms with Crippen LogP contribution in [0.5, 0.6) is 0 Å². The molecule has 0 radical (unpaired) electrons. The van der Waals surface area contributed by atoms with Crippen LogP contribution in [-0.4, -0.2) is 0 Å². The van der Waals surface area contributed by atoms with Crippen molar-refractivity contribution in [2.45, 2.75) is 142 Å². The van der Waals surface area contributed by atoms with E-state index in [2.05, 4.69) is 68.4 Å². The lowest BCUT2D eigenvalue weighted by Gasteiger charge is -2.35. The molecule has 202 valence electrons. The molecule has 2 aromatic rings. The fourth-order valence-corrected chi connectivity index (χ4v) is 6.26. The Morgan fingerprint density at radius 2 is 1.14 bits per heavy atom. The lowest BCUT2D eigenvalue weighted by molar-refractivity contribution is 0.223. The van der Waals surface area contributed by atoms with Crippen molar-refractivity contribution in [3.63, 3.8) is 0 Å². The Balaban J connectivity index is 1.42. The Labute approximate surface area is 229 Å². The summed E-state index contributed by atoms with van der Waals surface area (Å²) in [5.41, 5.74) is 5.51. The van der Waals surface area contributed by atoms with Gasteiger partial charge in [0.05, 0.1) is 11.5 Å². The molecule has 1 saturated carbocycles. The molecule has 0 aromatic heterocycles. The molecule has 0 aliphatic heterocycles. The second kappa shape index (κ2) is 16.7. The molecule has 1 aliphatic carbocycles. The number of rotatable bonds is 17. The zero-order valence-corrected chi connectivity index (χ0v) is 24.1. The van der Waals surface area contributed by atoms with Gasteiger partial charge in [-0.25, -0.2) is 0 Å². The van der Waals surface area contributed by atoms with Gasteiger partial charge in [-0.05, 0) is 73.1 Å². The fourth-order valence-electron chi connectivity index (χ4n) is 6.26. The van der Waals surface area contributed by atoms with Crippen LogP contribution in [0.4, 0.5) is 0 Å². The van der Waals surface area contributed by atoms with E-state index in [1.165, 1.54) is 112 Å². The first-order valence-electron chi connectivity index (χ1n) is 15.8. The Morgan fingerprint density at radius 1 is 0.649 bits per heavy atom. The number of unbranched alkanes of at least 4 members (excludes halogenated alkanes) is 11. The van der Waals surface area contributed by atoms with Crippen molar-refractivity contribution >= 4 is 0 Å². The number of nitrogens with zero attached hydrogens (tertiary/aromatic N) is 1. The monoisotopic (exact) mass is 499 g/mol. The van der Waals surface area contributed by atoms with Gasteiger partial charge in [0.15, 0.2) is 0 Å². The van der Waals surface area contributed by atoms with Gasteiger partial charge in [0, 0.05) is 0 Å². The molecule has 3 rings (SSSR count). The second-order valence-corrected chi connectivity index (χ2v) is 11.9. The number of benzene rings is 2. The van der Waals surface area contributed by atoms with E-state index in [0.717, 1.165) is 32.1 Å². The summed E-state index contributed by atoms with van der Waals surface area (Å²) in [5, 5.41) is 9.99. The van der Waals surface area contributed by atoms with Crippen molar-refractivity contribution < 1.29 is 0 Å². The molecule has 0 bridgehead atoms. The quantitative estimate of drug-likeness (QED) is 0.198. The fraction of sp³-hybridized carbons (Fsp3) is 0.639. The predicted molar refractivity (Wildman–Crippen MR) is 161 cm³/mol. The highest BCUT2D eigenvalue weighted by Crippen LogP contribution is 2.46. The molecule has 37 heavy (non-hydrogen) atoms. The van der Waals surface area contributed by atoms with E-state index in [9.17, 15) is 5.26 Å². The first kappa shape index (κ1) is 29.5. The van der Waals surface area contributed by atoms with Gasteiger partial charge in [-0.3, -0.25) is 0 Å². The highest BCUT2D eigenvalue weighted by atomic mass is 14.4. The van der Waals surface area contributed by atoms with E-state index in [4.69, 9.17) is 0 Å². The molecule has 0 amide bonds. The minimum absolute atomic E-state index is 0.0584. The predicted octanol–water partition coefficient (Wildman–Crippen LogP) is 11.6. The average Bonchev–Trinajstić information content (AvgIpc) is 2.95. The molecule has 2 aromatic carbocycles. The number of aryl methyl sites for hydroxylation is 1. The van der Waals surface area contributed by atoms with Crippen molar-refractivity contribution in [2.75, 3.05) is 0 Å². The molecule has 0 heterocycles. The van der Waals surface area contributed by atoms with Crippen molar-refractivity contribution in [3.05, 3.63) is 59.7 Å². The van der Waals surface area contributed by atoms with Crippen LogP contribution < -0.4 is 0 Å².